The first-order chi connectivity index (χ1) is 11.4. The van der Waals surface area contributed by atoms with Crippen molar-refractivity contribution in [2.45, 2.75) is 12.5 Å². The fourth-order valence-electron chi connectivity index (χ4n) is 2.21. The van der Waals surface area contributed by atoms with Crippen molar-refractivity contribution in [2.75, 3.05) is 7.11 Å². The number of carboxylic acids is 1. The molecule has 0 aromatic heterocycles. The number of hydrogen-bond donors (Lipinski definition) is 2. The molecule has 2 N–H and O–H groups in total. The minimum atomic E-state index is -1.10. The molecule has 0 bridgehead atoms. The Bertz CT molecular complexity index is 729. The summed E-state index contributed by atoms with van der Waals surface area (Å²) in [5.74, 6) is -2.06. The van der Waals surface area contributed by atoms with Crippen molar-refractivity contribution >= 4 is 23.5 Å². The van der Waals surface area contributed by atoms with E-state index in [1.165, 1.54) is 19.2 Å². The summed E-state index contributed by atoms with van der Waals surface area (Å²) < 4.78 is 18.9. The van der Waals surface area contributed by atoms with Gasteiger partial charge in [0.15, 0.2) is 0 Å². The maximum atomic E-state index is 13.8. The number of carboxylic acid groups (broad SMARTS) is 1. The molecular weight excluding hydrogens is 337 g/mol. The lowest BCUT2D eigenvalue weighted by molar-refractivity contribution is -0.137. The number of hydrogen-bond acceptors (Lipinski definition) is 3. The first kappa shape index (κ1) is 17.7. The van der Waals surface area contributed by atoms with Crippen molar-refractivity contribution in [1.82, 2.24) is 5.32 Å². The summed E-state index contributed by atoms with van der Waals surface area (Å²) in [7, 11) is 1.51. The summed E-state index contributed by atoms with van der Waals surface area (Å²) in [6, 6.07) is 9.60. The summed E-state index contributed by atoms with van der Waals surface area (Å²) in [6.07, 6.45) is -0.357. The van der Waals surface area contributed by atoms with Gasteiger partial charge in [0, 0.05) is 0 Å². The van der Waals surface area contributed by atoms with E-state index in [-0.39, 0.29) is 17.0 Å². The molecule has 0 aliphatic heterocycles. The van der Waals surface area contributed by atoms with E-state index in [1.807, 2.05) is 0 Å². The Morgan fingerprint density at radius 2 is 1.92 bits per heavy atom. The SMILES string of the molecule is COc1ccc([C@H](CC(=O)O)NC(=O)c2c(F)cccc2Cl)cc1. The van der Waals surface area contributed by atoms with Crippen LogP contribution in [0, 0.1) is 5.82 Å². The molecule has 5 nitrogen and oxygen atoms in total. The molecule has 126 valence electrons. The van der Waals surface area contributed by atoms with Crippen LogP contribution in [0.3, 0.4) is 0 Å². The van der Waals surface area contributed by atoms with Crippen LogP contribution in [0.5, 0.6) is 5.75 Å². The molecule has 0 saturated heterocycles. The van der Waals surface area contributed by atoms with E-state index in [0.29, 0.717) is 11.3 Å². The van der Waals surface area contributed by atoms with Gasteiger partial charge in [-0.3, -0.25) is 9.59 Å². The van der Waals surface area contributed by atoms with Gasteiger partial charge in [-0.25, -0.2) is 4.39 Å². The van der Waals surface area contributed by atoms with Crippen LogP contribution in [0.25, 0.3) is 0 Å². The van der Waals surface area contributed by atoms with Gasteiger partial charge < -0.3 is 15.2 Å². The number of carbonyl (C=O) groups excluding carboxylic acids is 1. The Kier molecular flexibility index (Phi) is 5.76. The lowest BCUT2D eigenvalue weighted by Crippen LogP contribution is -2.31. The molecule has 0 heterocycles. The van der Waals surface area contributed by atoms with Crippen LogP contribution < -0.4 is 10.1 Å². The molecular formula is C17H15ClFNO4. The number of nitrogens with one attached hydrogen (secondary N) is 1. The summed E-state index contributed by atoms with van der Waals surface area (Å²) in [4.78, 5) is 23.4. The topological polar surface area (TPSA) is 75.6 Å². The van der Waals surface area contributed by atoms with Crippen molar-refractivity contribution in [3.63, 3.8) is 0 Å². The zero-order valence-corrected chi connectivity index (χ0v) is 13.5. The van der Waals surface area contributed by atoms with Crippen LogP contribution in [0.15, 0.2) is 42.5 Å². The Labute approximate surface area is 143 Å². The molecule has 1 atom stereocenters. The minimum Gasteiger partial charge on any atom is -0.497 e. The van der Waals surface area contributed by atoms with Crippen molar-refractivity contribution in [3.05, 3.63) is 64.4 Å². The monoisotopic (exact) mass is 351 g/mol. The van der Waals surface area contributed by atoms with E-state index in [0.717, 1.165) is 6.07 Å². The fraction of sp³-hybridized carbons (Fsp3) is 0.176. The quantitative estimate of drug-likeness (QED) is 0.836. The van der Waals surface area contributed by atoms with Crippen molar-refractivity contribution in [3.8, 4) is 5.75 Å². The zero-order valence-electron chi connectivity index (χ0n) is 12.8. The number of carbonyl (C=O) groups is 2. The molecule has 1 amide bonds. The number of rotatable bonds is 6. The largest absolute Gasteiger partial charge is 0.497 e. The van der Waals surface area contributed by atoms with E-state index < -0.39 is 23.7 Å². The van der Waals surface area contributed by atoms with Gasteiger partial charge in [-0.05, 0) is 29.8 Å². The van der Waals surface area contributed by atoms with Gasteiger partial charge in [0.1, 0.15) is 11.6 Å². The molecule has 0 aliphatic rings. The first-order valence-electron chi connectivity index (χ1n) is 7.03. The van der Waals surface area contributed by atoms with E-state index in [2.05, 4.69) is 5.32 Å². The highest BCUT2D eigenvalue weighted by Crippen LogP contribution is 2.23. The molecule has 2 rings (SSSR count). The van der Waals surface area contributed by atoms with Gasteiger partial charge in [0.05, 0.1) is 30.2 Å². The van der Waals surface area contributed by atoms with Crippen LogP contribution in [-0.2, 0) is 4.79 Å². The molecule has 2 aromatic rings. The van der Waals surface area contributed by atoms with Gasteiger partial charge in [-0.15, -0.1) is 0 Å². The highest BCUT2D eigenvalue weighted by molar-refractivity contribution is 6.33. The van der Waals surface area contributed by atoms with Crippen LogP contribution in [-0.4, -0.2) is 24.1 Å². The minimum absolute atomic E-state index is 0.0451. The second kappa shape index (κ2) is 7.79. The predicted octanol–water partition coefficient (Wildman–Crippen LogP) is 3.43. The molecule has 24 heavy (non-hydrogen) atoms. The van der Waals surface area contributed by atoms with Crippen LogP contribution in [0.2, 0.25) is 5.02 Å². The predicted molar refractivity (Wildman–Crippen MR) is 86.9 cm³/mol. The second-order valence-electron chi connectivity index (χ2n) is 4.99. The van der Waals surface area contributed by atoms with E-state index >= 15 is 0 Å². The molecule has 2 aromatic carbocycles. The van der Waals surface area contributed by atoms with Crippen LogP contribution >= 0.6 is 11.6 Å². The van der Waals surface area contributed by atoms with Gasteiger partial charge in [-0.1, -0.05) is 29.8 Å². The van der Waals surface area contributed by atoms with Crippen molar-refractivity contribution < 1.29 is 23.8 Å². The maximum Gasteiger partial charge on any atom is 0.305 e. The molecule has 0 saturated carbocycles. The smallest absolute Gasteiger partial charge is 0.305 e. The second-order valence-corrected chi connectivity index (χ2v) is 5.40. The van der Waals surface area contributed by atoms with Gasteiger partial charge in [-0.2, -0.15) is 0 Å². The van der Waals surface area contributed by atoms with E-state index in [9.17, 15) is 14.0 Å². The average molecular weight is 352 g/mol. The Morgan fingerprint density at radius 1 is 1.25 bits per heavy atom. The summed E-state index contributed by atoms with van der Waals surface area (Å²) in [5.41, 5.74) is 0.238. The number of benzene rings is 2. The third-order valence-electron chi connectivity index (χ3n) is 3.39. The zero-order chi connectivity index (χ0) is 17.7. The number of aliphatic carboxylic acids is 1. The third-order valence-corrected chi connectivity index (χ3v) is 3.71. The van der Waals surface area contributed by atoms with Gasteiger partial charge >= 0.3 is 5.97 Å². The molecule has 0 fully saturated rings. The normalized spacial score (nSPS) is 11.6. The number of methoxy groups -OCH3 is 1. The summed E-state index contributed by atoms with van der Waals surface area (Å²) in [6.45, 7) is 0. The van der Waals surface area contributed by atoms with Gasteiger partial charge in [0.2, 0.25) is 0 Å². The lowest BCUT2D eigenvalue weighted by Gasteiger charge is -2.18. The Hall–Kier alpha value is -2.60. The van der Waals surface area contributed by atoms with Crippen LogP contribution in [0.4, 0.5) is 4.39 Å². The first-order valence-corrected chi connectivity index (χ1v) is 7.40. The maximum absolute atomic E-state index is 13.8. The standard InChI is InChI=1S/C17H15ClFNO4/c1-24-11-7-5-10(6-8-11)14(9-15(21)22)20-17(23)16-12(18)3-2-4-13(16)19/h2-8,14H,9H2,1H3,(H,20,23)(H,21,22)/t14-/m0/s1. The molecule has 0 spiro atoms. The van der Waals surface area contributed by atoms with Gasteiger partial charge in [0.25, 0.3) is 5.91 Å². The third kappa shape index (κ3) is 4.23. The lowest BCUT2D eigenvalue weighted by atomic mass is 10.0. The van der Waals surface area contributed by atoms with Crippen LogP contribution in [0.1, 0.15) is 28.4 Å². The number of halogens is 2. The summed E-state index contributed by atoms with van der Waals surface area (Å²) in [5, 5.41) is 11.5. The molecule has 0 radical (unpaired) electrons. The highest BCUT2D eigenvalue weighted by atomic mass is 35.5. The van der Waals surface area contributed by atoms with E-state index in [1.54, 1.807) is 24.3 Å². The van der Waals surface area contributed by atoms with Crippen molar-refractivity contribution in [2.24, 2.45) is 0 Å². The Balaban J connectivity index is 2.28. The van der Waals surface area contributed by atoms with E-state index in [4.69, 9.17) is 21.4 Å². The summed E-state index contributed by atoms with van der Waals surface area (Å²) >= 11 is 5.87. The van der Waals surface area contributed by atoms with Crippen molar-refractivity contribution in [1.29, 1.82) is 0 Å². The number of ether oxygens (including phenoxy) is 1. The molecule has 0 aliphatic carbocycles. The Morgan fingerprint density at radius 3 is 2.46 bits per heavy atom. The average Bonchev–Trinajstić information content (AvgIpc) is 2.54. The highest BCUT2D eigenvalue weighted by Gasteiger charge is 2.22. The molecule has 7 heteroatoms. The molecule has 0 unspecified atom stereocenters. The fourth-order valence-corrected chi connectivity index (χ4v) is 2.46. The number of amides is 1.